The second-order valence-electron chi connectivity index (χ2n) is 7.65. The molecule has 1 unspecified atom stereocenters. The summed E-state index contributed by atoms with van der Waals surface area (Å²) in [5.74, 6) is 0.841. The number of rotatable bonds is 9. The Hall–Kier alpha value is -2.67. The van der Waals surface area contributed by atoms with Crippen molar-refractivity contribution in [2.75, 3.05) is 19.7 Å². The van der Waals surface area contributed by atoms with Gasteiger partial charge >= 0.3 is 0 Å². The lowest BCUT2D eigenvalue weighted by Gasteiger charge is -2.28. The zero-order chi connectivity index (χ0) is 21.5. The summed E-state index contributed by atoms with van der Waals surface area (Å²) in [6, 6.07) is 9.75. The Labute approximate surface area is 176 Å². The number of carbonyl (C=O) groups excluding carboxylic acids is 2. The van der Waals surface area contributed by atoms with Crippen LogP contribution in [-0.2, 0) is 27.4 Å². The molecule has 30 heavy (non-hydrogen) atoms. The largest absolute Gasteiger partial charge is 0.464 e. The molecule has 1 atom stereocenters. The van der Waals surface area contributed by atoms with E-state index in [1.165, 1.54) is 12.1 Å². The fourth-order valence-corrected chi connectivity index (χ4v) is 3.58. The van der Waals surface area contributed by atoms with E-state index in [0.29, 0.717) is 31.9 Å². The fraction of sp³-hybridized carbons (Fsp3) is 0.478. The van der Waals surface area contributed by atoms with E-state index in [1.54, 1.807) is 28.9 Å². The minimum absolute atomic E-state index is 0.0204. The first-order valence-electron chi connectivity index (χ1n) is 10.4. The summed E-state index contributed by atoms with van der Waals surface area (Å²) in [5, 5.41) is 0. The summed E-state index contributed by atoms with van der Waals surface area (Å²) in [5.41, 5.74) is 0.806. The van der Waals surface area contributed by atoms with Crippen molar-refractivity contribution < 1.29 is 23.1 Å². The van der Waals surface area contributed by atoms with E-state index >= 15 is 0 Å². The summed E-state index contributed by atoms with van der Waals surface area (Å²) in [7, 11) is 0. The van der Waals surface area contributed by atoms with Crippen LogP contribution in [0.2, 0.25) is 0 Å². The van der Waals surface area contributed by atoms with Crippen LogP contribution in [0.1, 0.15) is 43.3 Å². The Morgan fingerprint density at radius 2 is 1.83 bits per heavy atom. The van der Waals surface area contributed by atoms with Crippen molar-refractivity contribution in [3.63, 3.8) is 0 Å². The highest BCUT2D eigenvalue weighted by Gasteiger charge is 2.26. The maximum absolute atomic E-state index is 13.3. The van der Waals surface area contributed by atoms with Crippen LogP contribution in [0, 0.1) is 12.7 Å². The van der Waals surface area contributed by atoms with E-state index < -0.39 is 0 Å². The molecule has 1 saturated heterocycles. The van der Waals surface area contributed by atoms with E-state index in [-0.39, 0.29) is 36.8 Å². The van der Waals surface area contributed by atoms with Gasteiger partial charge in [0.25, 0.3) is 0 Å². The molecule has 6 nitrogen and oxygen atoms in total. The predicted octanol–water partition coefficient (Wildman–Crippen LogP) is 3.67. The summed E-state index contributed by atoms with van der Waals surface area (Å²) in [6.07, 6.45) is 2.18. The van der Waals surface area contributed by atoms with Gasteiger partial charge in [-0.3, -0.25) is 9.59 Å². The second kappa shape index (κ2) is 10.4. The van der Waals surface area contributed by atoms with Crippen molar-refractivity contribution in [2.45, 2.75) is 52.3 Å². The molecule has 2 heterocycles. The van der Waals surface area contributed by atoms with Gasteiger partial charge in [-0.1, -0.05) is 19.1 Å². The number of amides is 2. The number of carbonyl (C=O) groups is 2. The molecule has 0 spiro atoms. The van der Waals surface area contributed by atoms with E-state index in [1.807, 2.05) is 19.1 Å². The zero-order valence-corrected chi connectivity index (χ0v) is 17.6. The van der Waals surface area contributed by atoms with E-state index in [0.717, 1.165) is 24.2 Å². The van der Waals surface area contributed by atoms with Crippen molar-refractivity contribution in [2.24, 2.45) is 0 Å². The maximum Gasteiger partial charge on any atom is 0.242 e. The lowest BCUT2D eigenvalue weighted by atomic mass is 10.2. The highest BCUT2D eigenvalue weighted by atomic mass is 19.1. The summed E-state index contributed by atoms with van der Waals surface area (Å²) in [4.78, 5) is 28.9. The van der Waals surface area contributed by atoms with Gasteiger partial charge in [0.05, 0.1) is 19.2 Å². The number of benzene rings is 1. The van der Waals surface area contributed by atoms with Crippen LogP contribution in [-0.4, -0.2) is 47.4 Å². The van der Waals surface area contributed by atoms with Gasteiger partial charge in [0, 0.05) is 26.1 Å². The molecule has 0 aliphatic carbocycles. The predicted molar refractivity (Wildman–Crippen MR) is 110 cm³/mol. The number of furan rings is 1. The van der Waals surface area contributed by atoms with Crippen LogP contribution in [0.15, 0.2) is 40.8 Å². The molecule has 0 N–H and O–H groups in total. The van der Waals surface area contributed by atoms with Crippen LogP contribution in [0.3, 0.4) is 0 Å². The standard InChI is InChI=1S/C23H29FN2O4/c1-3-22(27)26(14-20-5-4-12-29-20)16-23(28)25(15-21-11-6-17(2)30-21)13-18-7-9-19(24)10-8-18/h6-11,20H,3-5,12-16H2,1-2H3. The van der Waals surface area contributed by atoms with Gasteiger partial charge in [0.2, 0.25) is 11.8 Å². The Balaban J connectivity index is 1.74. The van der Waals surface area contributed by atoms with Gasteiger partial charge in [-0.25, -0.2) is 4.39 Å². The Bertz CT molecular complexity index is 843. The molecule has 0 saturated carbocycles. The van der Waals surface area contributed by atoms with Crippen molar-refractivity contribution in [1.82, 2.24) is 9.80 Å². The molecule has 2 amide bonds. The zero-order valence-electron chi connectivity index (χ0n) is 17.6. The SMILES string of the molecule is CCC(=O)N(CC(=O)N(Cc1ccc(F)cc1)Cc1ccc(C)o1)CC1CCCO1. The van der Waals surface area contributed by atoms with Crippen LogP contribution in [0.4, 0.5) is 4.39 Å². The number of aryl methyl sites for hydroxylation is 1. The van der Waals surface area contributed by atoms with E-state index in [2.05, 4.69) is 0 Å². The molecular formula is C23H29FN2O4. The molecule has 0 radical (unpaired) electrons. The van der Waals surface area contributed by atoms with Crippen molar-refractivity contribution in [3.05, 3.63) is 59.3 Å². The van der Waals surface area contributed by atoms with Gasteiger partial charge in [0.15, 0.2) is 0 Å². The normalized spacial score (nSPS) is 15.9. The third-order valence-corrected chi connectivity index (χ3v) is 5.21. The maximum atomic E-state index is 13.3. The number of nitrogens with zero attached hydrogens (tertiary/aromatic N) is 2. The first-order chi connectivity index (χ1) is 14.4. The minimum atomic E-state index is -0.324. The summed E-state index contributed by atoms with van der Waals surface area (Å²) < 4.78 is 24.6. The molecule has 162 valence electrons. The van der Waals surface area contributed by atoms with Gasteiger partial charge in [-0.05, 0) is 49.6 Å². The second-order valence-corrected chi connectivity index (χ2v) is 7.65. The first-order valence-corrected chi connectivity index (χ1v) is 10.4. The Morgan fingerprint density at radius 3 is 2.43 bits per heavy atom. The average Bonchev–Trinajstić information content (AvgIpc) is 3.39. The fourth-order valence-electron chi connectivity index (χ4n) is 3.58. The van der Waals surface area contributed by atoms with Crippen molar-refractivity contribution >= 4 is 11.8 Å². The lowest BCUT2D eigenvalue weighted by Crippen LogP contribution is -2.45. The smallest absolute Gasteiger partial charge is 0.242 e. The molecule has 1 fully saturated rings. The highest BCUT2D eigenvalue weighted by Crippen LogP contribution is 2.17. The molecule has 7 heteroatoms. The van der Waals surface area contributed by atoms with Crippen LogP contribution in [0.5, 0.6) is 0 Å². The summed E-state index contributed by atoms with van der Waals surface area (Å²) in [6.45, 7) is 5.30. The Morgan fingerprint density at radius 1 is 1.07 bits per heavy atom. The number of hydrogen-bond acceptors (Lipinski definition) is 4. The third kappa shape index (κ3) is 6.16. The molecule has 1 aromatic heterocycles. The summed E-state index contributed by atoms with van der Waals surface area (Å²) >= 11 is 0. The van der Waals surface area contributed by atoms with Crippen LogP contribution in [0.25, 0.3) is 0 Å². The molecule has 3 rings (SSSR count). The molecular weight excluding hydrogens is 387 g/mol. The number of halogens is 1. The van der Waals surface area contributed by atoms with Gasteiger partial charge in [-0.2, -0.15) is 0 Å². The molecule has 2 aromatic rings. The first kappa shape index (κ1) is 22.0. The monoisotopic (exact) mass is 416 g/mol. The van der Waals surface area contributed by atoms with E-state index in [4.69, 9.17) is 9.15 Å². The quantitative estimate of drug-likeness (QED) is 0.626. The third-order valence-electron chi connectivity index (χ3n) is 5.21. The number of ether oxygens (including phenoxy) is 1. The number of hydrogen-bond donors (Lipinski definition) is 0. The van der Waals surface area contributed by atoms with Crippen molar-refractivity contribution in [3.8, 4) is 0 Å². The molecule has 1 aromatic carbocycles. The lowest BCUT2D eigenvalue weighted by molar-refractivity contribution is -0.142. The average molecular weight is 416 g/mol. The topological polar surface area (TPSA) is 63.0 Å². The Kier molecular flexibility index (Phi) is 7.63. The van der Waals surface area contributed by atoms with Crippen molar-refractivity contribution in [1.29, 1.82) is 0 Å². The molecule has 1 aliphatic heterocycles. The van der Waals surface area contributed by atoms with Gasteiger partial charge in [0.1, 0.15) is 17.3 Å². The van der Waals surface area contributed by atoms with Crippen LogP contribution < -0.4 is 0 Å². The van der Waals surface area contributed by atoms with E-state index in [9.17, 15) is 14.0 Å². The molecule has 0 bridgehead atoms. The van der Waals surface area contributed by atoms with Gasteiger partial charge < -0.3 is 19.0 Å². The van der Waals surface area contributed by atoms with Crippen LogP contribution >= 0.6 is 0 Å². The molecule has 1 aliphatic rings. The highest BCUT2D eigenvalue weighted by molar-refractivity contribution is 5.84. The minimum Gasteiger partial charge on any atom is -0.464 e. The van der Waals surface area contributed by atoms with Gasteiger partial charge in [-0.15, -0.1) is 0 Å².